The zero-order valence-corrected chi connectivity index (χ0v) is 10.7. The molecule has 2 aromatic carbocycles. The average Bonchev–Trinajstić information content (AvgIpc) is 2.28. The van der Waals surface area contributed by atoms with Crippen molar-refractivity contribution in [3.63, 3.8) is 0 Å². The fraction of sp³-hybridized carbons (Fsp3) is 0.0769. The molecule has 0 aliphatic rings. The molecule has 2 aromatic rings. The van der Waals surface area contributed by atoms with E-state index in [1.54, 1.807) is 18.2 Å². The number of ether oxygens (including phenoxy) is 1. The Morgan fingerprint density at radius 3 is 2.53 bits per heavy atom. The lowest BCUT2D eigenvalue weighted by molar-refractivity contribution is 0.481. The van der Waals surface area contributed by atoms with E-state index in [2.05, 4.69) is 0 Å². The number of anilines is 1. The molecule has 0 atom stereocenters. The lowest BCUT2D eigenvalue weighted by atomic mass is 10.2. The molecule has 0 aliphatic carbocycles. The van der Waals surface area contributed by atoms with Crippen LogP contribution in [0.25, 0.3) is 0 Å². The lowest BCUT2D eigenvalue weighted by Gasteiger charge is -2.11. The molecule has 0 saturated heterocycles. The summed E-state index contributed by atoms with van der Waals surface area (Å²) in [6, 6.07) is 10.6. The Bertz CT molecular complexity index is 555. The van der Waals surface area contributed by atoms with Crippen LogP contribution in [0.2, 0.25) is 10.0 Å². The van der Waals surface area contributed by atoms with Crippen molar-refractivity contribution in [2.75, 3.05) is 5.73 Å². The van der Waals surface area contributed by atoms with Crippen LogP contribution in [0.4, 0.5) is 5.69 Å². The van der Waals surface area contributed by atoms with E-state index in [1.165, 1.54) is 0 Å². The largest absolute Gasteiger partial charge is 0.455 e. The Labute approximate surface area is 110 Å². The highest BCUT2D eigenvalue weighted by molar-refractivity contribution is 6.31. The molecule has 0 bridgehead atoms. The Hall–Kier alpha value is -1.38. The van der Waals surface area contributed by atoms with Gasteiger partial charge in [0.25, 0.3) is 0 Å². The predicted molar refractivity (Wildman–Crippen MR) is 72.1 cm³/mol. The third kappa shape index (κ3) is 2.65. The summed E-state index contributed by atoms with van der Waals surface area (Å²) >= 11 is 11.8. The zero-order valence-electron chi connectivity index (χ0n) is 9.21. The second kappa shape index (κ2) is 4.86. The third-order valence-corrected chi connectivity index (χ3v) is 3.05. The molecule has 0 amide bonds. The van der Waals surface area contributed by atoms with E-state index < -0.39 is 0 Å². The van der Waals surface area contributed by atoms with Crippen LogP contribution < -0.4 is 10.5 Å². The van der Waals surface area contributed by atoms with Crippen molar-refractivity contribution < 1.29 is 4.74 Å². The maximum absolute atomic E-state index is 6.01. The van der Waals surface area contributed by atoms with Crippen LogP contribution in [0.15, 0.2) is 36.4 Å². The summed E-state index contributed by atoms with van der Waals surface area (Å²) < 4.78 is 5.71. The molecule has 4 heteroatoms. The van der Waals surface area contributed by atoms with E-state index in [-0.39, 0.29) is 0 Å². The van der Waals surface area contributed by atoms with Crippen molar-refractivity contribution in [1.82, 2.24) is 0 Å². The van der Waals surface area contributed by atoms with Crippen LogP contribution in [0, 0.1) is 6.92 Å². The second-order valence-corrected chi connectivity index (χ2v) is 4.49. The third-order valence-electron chi connectivity index (χ3n) is 2.41. The zero-order chi connectivity index (χ0) is 12.4. The first-order valence-corrected chi connectivity index (χ1v) is 5.81. The fourth-order valence-electron chi connectivity index (χ4n) is 1.43. The number of nitrogens with two attached hydrogens (primary N) is 1. The molecule has 88 valence electrons. The minimum Gasteiger partial charge on any atom is -0.455 e. The molecule has 0 aromatic heterocycles. The van der Waals surface area contributed by atoms with Gasteiger partial charge in [0.05, 0.1) is 5.69 Å². The minimum absolute atomic E-state index is 0.497. The van der Waals surface area contributed by atoms with Crippen LogP contribution >= 0.6 is 23.2 Å². The Balaban J connectivity index is 2.35. The second-order valence-electron chi connectivity index (χ2n) is 3.65. The Morgan fingerprint density at radius 1 is 1.06 bits per heavy atom. The van der Waals surface area contributed by atoms with Gasteiger partial charge in [-0.3, -0.25) is 0 Å². The maximum atomic E-state index is 6.01. The van der Waals surface area contributed by atoms with E-state index in [0.717, 1.165) is 5.56 Å². The molecule has 0 spiro atoms. The van der Waals surface area contributed by atoms with Gasteiger partial charge in [0, 0.05) is 15.6 Å². The van der Waals surface area contributed by atoms with Crippen LogP contribution in [0.5, 0.6) is 11.5 Å². The minimum atomic E-state index is 0.497. The van der Waals surface area contributed by atoms with Gasteiger partial charge in [0.1, 0.15) is 11.5 Å². The van der Waals surface area contributed by atoms with Gasteiger partial charge in [-0.15, -0.1) is 0 Å². The van der Waals surface area contributed by atoms with E-state index in [1.807, 2.05) is 25.1 Å². The summed E-state index contributed by atoms with van der Waals surface area (Å²) in [7, 11) is 0. The quantitative estimate of drug-likeness (QED) is 0.803. The molecule has 0 radical (unpaired) electrons. The van der Waals surface area contributed by atoms with Crippen molar-refractivity contribution in [3.8, 4) is 11.5 Å². The SMILES string of the molecule is Cc1c(Cl)cccc1Oc1ccc(Cl)cc1N. The first-order valence-electron chi connectivity index (χ1n) is 5.06. The van der Waals surface area contributed by atoms with E-state index >= 15 is 0 Å². The highest BCUT2D eigenvalue weighted by atomic mass is 35.5. The fourth-order valence-corrected chi connectivity index (χ4v) is 1.78. The predicted octanol–water partition coefficient (Wildman–Crippen LogP) is 4.68. The lowest BCUT2D eigenvalue weighted by Crippen LogP contribution is -1.93. The van der Waals surface area contributed by atoms with Crippen molar-refractivity contribution in [3.05, 3.63) is 52.0 Å². The number of hydrogen-bond acceptors (Lipinski definition) is 2. The molecule has 2 N–H and O–H groups in total. The molecule has 0 aliphatic heterocycles. The molecule has 0 heterocycles. The summed E-state index contributed by atoms with van der Waals surface area (Å²) in [6.07, 6.45) is 0. The van der Waals surface area contributed by atoms with Crippen molar-refractivity contribution >= 4 is 28.9 Å². The molecular formula is C13H11Cl2NO. The topological polar surface area (TPSA) is 35.2 Å². The Morgan fingerprint density at radius 2 is 1.82 bits per heavy atom. The standard InChI is InChI=1S/C13H11Cl2NO/c1-8-10(15)3-2-4-12(8)17-13-6-5-9(14)7-11(13)16/h2-7H,16H2,1H3. The van der Waals surface area contributed by atoms with Gasteiger partial charge < -0.3 is 10.5 Å². The van der Waals surface area contributed by atoms with E-state index in [9.17, 15) is 0 Å². The van der Waals surface area contributed by atoms with Gasteiger partial charge in [-0.25, -0.2) is 0 Å². The van der Waals surface area contributed by atoms with Crippen LogP contribution in [-0.2, 0) is 0 Å². The number of halogens is 2. The maximum Gasteiger partial charge on any atom is 0.150 e. The summed E-state index contributed by atoms with van der Waals surface area (Å²) in [4.78, 5) is 0. The van der Waals surface area contributed by atoms with Gasteiger partial charge in [-0.2, -0.15) is 0 Å². The Kier molecular flexibility index (Phi) is 3.46. The van der Waals surface area contributed by atoms with Crippen LogP contribution in [0.3, 0.4) is 0 Å². The molecule has 17 heavy (non-hydrogen) atoms. The van der Waals surface area contributed by atoms with E-state index in [4.69, 9.17) is 33.7 Å². The van der Waals surface area contributed by atoms with Crippen molar-refractivity contribution in [2.24, 2.45) is 0 Å². The van der Waals surface area contributed by atoms with Crippen LogP contribution in [0.1, 0.15) is 5.56 Å². The number of nitrogen functional groups attached to an aromatic ring is 1. The average molecular weight is 268 g/mol. The molecule has 2 rings (SSSR count). The first-order chi connectivity index (χ1) is 8.08. The monoisotopic (exact) mass is 267 g/mol. The van der Waals surface area contributed by atoms with Gasteiger partial charge in [-0.05, 0) is 37.3 Å². The summed E-state index contributed by atoms with van der Waals surface area (Å²) in [5.74, 6) is 1.26. The van der Waals surface area contributed by atoms with E-state index in [0.29, 0.717) is 27.2 Å². The normalized spacial score (nSPS) is 10.3. The molecule has 0 fully saturated rings. The molecule has 0 saturated carbocycles. The van der Waals surface area contributed by atoms with Gasteiger partial charge in [0.15, 0.2) is 0 Å². The highest BCUT2D eigenvalue weighted by Gasteiger charge is 2.07. The van der Waals surface area contributed by atoms with Gasteiger partial charge >= 0.3 is 0 Å². The molecule has 2 nitrogen and oxygen atoms in total. The summed E-state index contributed by atoms with van der Waals surface area (Å²) in [5, 5.41) is 1.24. The van der Waals surface area contributed by atoms with Crippen molar-refractivity contribution in [2.45, 2.75) is 6.92 Å². The highest BCUT2D eigenvalue weighted by Crippen LogP contribution is 2.33. The number of rotatable bonds is 2. The number of benzene rings is 2. The van der Waals surface area contributed by atoms with Crippen LogP contribution in [-0.4, -0.2) is 0 Å². The molecular weight excluding hydrogens is 257 g/mol. The molecule has 0 unspecified atom stereocenters. The smallest absolute Gasteiger partial charge is 0.150 e. The van der Waals surface area contributed by atoms with Gasteiger partial charge in [0.2, 0.25) is 0 Å². The summed E-state index contributed by atoms with van der Waals surface area (Å²) in [6.45, 7) is 1.89. The summed E-state index contributed by atoms with van der Waals surface area (Å²) in [5.41, 5.74) is 7.19. The first kappa shape index (κ1) is 12.1. The van der Waals surface area contributed by atoms with Crippen molar-refractivity contribution in [1.29, 1.82) is 0 Å². The number of hydrogen-bond donors (Lipinski definition) is 1. The van der Waals surface area contributed by atoms with Gasteiger partial charge in [-0.1, -0.05) is 29.3 Å².